The third-order valence-corrected chi connectivity index (χ3v) is 4.82. The molecule has 0 spiro atoms. The highest BCUT2D eigenvalue weighted by Crippen LogP contribution is 2.29. The summed E-state index contributed by atoms with van der Waals surface area (Å²) >= 11 is 1.50. The van der Waals surface area contributed by atoms with Crippen molar-refractivity contribution in [3.63, 3.8) is 0 Å². The second-order valence-corrected chi connectivity index (χ2v) is 6.54. The summed E-state index contributed by atoms with van der Waals surface area (Å²) in [5.41, 5.74) is 1.63. The largest absolute Gasteiger partial charge is 0.357 e. The van der Waals surface area contributed by atoms with Crippen molar-refractivity contribution in [1.82, 2.24) is 34.7 Å². The number of aromatic nitrogens is 7. The van der Waals surface area contributed by atoms with Gasteiger partial charge in [0.2, 0.25) is 5.13 Å². The summed E-state index contributed by atoms with van der Waals surface area (Å²) in [6, 6.07) is 3.67. The van der Waals surface area contributed by atoms with Gasteiger partial charge in [0.15, 0.2) is 5.82 Å². The monoisotopic (exact) mass is 344 g/mol. The van der Waals surface area contributed by atoms with Gasteiger partial charge in [0, 0.05) is 12.1 Å². The van der Waals surface area contributed by atoms with Crippen LogP contribution in [0.25, 0.3) is 5.82 Å². The third-order valence-electron chi connectivity index (χ3n) is 4.19. The lowest BCUT2D eigenvalue weighted by atomic mass is 9.91. The van der Waals surface area contributed by atoms with Gasteiger partial charge in [0.25, 0.3) is 5.56 Å². The van der Waals surface area contributed by atoms with Crippen molar-refractivity contribution < 1.29 is 0 Å². The Bertz CT molecular complexity index is 836. The number of nitrogens with one attached hydrogen (secondary N) is 1. The van der Waals surface area contributed by atoms with Gasteiger partial charge in [-0.2, -0.15) is 5.10 Å². The Morgan fingerprint density at radius 2 is 2.08 bits per heavy atom. The Morgan fingerprint density at radius 3 is 2.79 bits per heavy atom. The molecule has 0 unspecified atom stereocenters. The van der Waals surface area contributed by atoms with Crippen LogP contribution in [0.5, 0.6) is 0 Å². The molecule has 0 amide bonds. The molecule has 0 atom stereocenters. The highest BCUT2D eigenvalue weighted by atomic mass is 32.1. The summed E-state index contributed by atoms with van der Waals surface area (Å²) in [5.74, 6) is 0.598. The quantitative estimate of drug-likeness (QED) is 0.760. The van der Waals surface area contributed by atoms with Gasteiger partial charge in [-0.3, -0.25) is 4.79 Å². The van der Waals surface area contributed by atoms with E-state index < -0.39 is 0 Å². The minimum absolute atomic E-state index is 0.0839. The average Bonchev–Trinajstić information content (AvgIpc) is 3.30. The Morgan fingerprint density at radius 1 is 1.21 bits per heavy atom. The van der Waals surface area contributed by atoms with E-state index in [-0.39, 0.29) is 11.6 Å². The molecule has 1 aliphatic carbocycles. The number of hydrogen-bond acceptors (Lipinski definition) is 8. The zero-order valence-electron chi connectivity index (χ0n) is 12.8. The van der Waals surface area contributed by atoms with Crippen LogP contribution in [0.15, 0.2) is 35.1 Å². The van der Waals surface area contributed by atoms with Crippen molar-refractivity contribution in [3.05, 3.63) is 40.7 Å². The van der Waals surface area contributed by atoms with Crippen molar-refractivity contribution in [1.29, 1.82) is 0 Å². The molecule has 0 aromatic carbocycles. The van der Waals surface area contributed by atoms with Gasteiger partial charge in [-0.05, 0) is 31.7 Å². The van der Waals surface area contributed by atoms with Crippen LogP contribution in [0.4, 0.5) is 5.13 Å². The fraction of sp³-hybridized carbons (Fsp3) is 0.429. The van der Waals surface area contributed by atoms with Crippen LogP contribution in [0.3, 0.4) is 0 Å². The Labute approximate surface area is 141 Å². The molecule has 4 rings (SSSR count). The van der Waals surface area contributed by atoms with Gasteiger partial charge < -0.3 is 5.32 Å². The second kappa shape index (κ2) is 6.48. The first kappa shape index (κ1) is 14.9. The van der Waals surface area contributed by atoms with Crippen LogP contribution in [-0.2, 0) is 0 Å². The first-order chi connectivity index (χ1) is 11.8. The van der Waals surface area contributed by atoms with Gasteiger partial charge in [-0.25, -0.2) is 14.3 Å². The predicted octanol–water partition coefficient (Wildman–Crippen LogP) is 1.27. The van der Waals surface area contributed by atoms with Crippen LogP contribution >= 0.6 is 11.3 Å². The molecule has 3 heterocycles. The van der Waals surface area contributed by atoms with Crippen molar-refractivity contribution in [2.24, 2.45) is 0 Å². The van der Waals surface area contributed by atoms with E-state index in [0.717, 1.165) is 30.8 Å². The van der Waals surface area contributed by atoms with Crippen LogP contribution in [0, 0.1) is 0 Å². The van der Waals surface area contributed by atoms with E-state index in [1.807, 2.05) is 0 Å². The number of hydrogen-bond donors (Lipinski definition) is 1. The molecular weight excluding hydrogens is 328 g/mol. The van der Waals surface area contributed by atoms with E-state index in [4.69, 9.17) is 0 Å². The molecule has 24 heavy (non-hydrogen) atoms. The lowest BCUT2D eigenvalue weighted by Crippen LogP contribution is -2.33. The van der Waals surface area contributed by atoms with E-state index in [1.54, 1.807) is 27.3 Å². The highest BCUT2D eigenvalue weighted by molar-refractivity contribution is 7.13. The standard InChI is InChI=1S/C14H16N8OS/c23-13-6-5-12(21-8-15-7-17-21)20-22(13)11-3-1-10(2-4-11)18-14-19-16-9-24-14/h5-11H,1-4H2,(H,18,19). The van der Waals surface area contributed by atoms with Crippen molar-refractivity contribution >= 4 is 16.5 Å². The first-order valence-electron chi connectivity index (χ1n) is 7.77. The van der Waals surface area contributed by atoms with Gasteiger partial charge in [-0.1, -0.05) is 11.3 Å². The number of anilines is 1. The molecule has 124 valence electrons. The minimum atomic E-state index is -0.0839. The average molecular weight is 344 g/mol. The fourth-order valence-electron chi connectivity index (χ4n) is 3.00. The van der Waals surface area contributed by atoms with Gasteiger partial charge in [-0.15, -0.1) is 15.3 Å². The number of nitrogens with zero attached hydrogens (tertiary/aromatic N) is 7. The zero-order valence-corrected chi connectivity index (χ0v) is 13.6. The maximum Gasteiger partial charge on any atom is 0.267 e. The van der Waals surface area contributed by atoms with Gasteiger partial charge in [0.05, 0.1) is 6.04 Å². The predicted molar refractivity (Wildman–Crippen MR) is 88.2 cm³/mol. The molecule has 0 radical (unpaired) electrons. The van der Waals surface area contributed by atoms with Gasteiger partial charge >= 0.3 is 0 Å². The molecule has 1 saturated carbocycles. The van der Waals surface area contributed by atoms with Gasteiger partial charge in [0.1, 0.15) is 18.2 Å². The second-order valence-electron chi connectivity index (χ2n) is 5.71. The van der Waals surface area contributed by atoms with E-state index in [9.17, 15) is 4.79 Å². The summed E-state index contributed by atoms with van der Waals surface area (Å²) < 4.78 is 3.14. The molecule has 0 saturated heterocycles. The molecular formula is C14H16N8OS. The molecule has 1 fully saturated rings. The molecule has 3 aromatic rings. The lowest BCUT2D eigenvalue weighted by molar-refractivity contribution is 0.303. The zero-order chi connectivity index (χ0) is 16.4. The molecule has 1 aliphatic rings. The Kier molecular flexibility index (Phi) is 4.03. The molecule has 1 N–H and O–H groups in total. The van der Waals surface area contributed by atoms with E-state index in [0.29, 0.717) is 11.9 Å². The Balaban J connectivity index is 1.47. The topological polar surface area (TPSA) is 103 Å². The fourth-order valence-corrected chi connectivity index (χ4v) is 3.52. The molecule has 3 aromatic heterocycles. The van der Waals surface area contributed by atoms with Crippen LogP contribution < -0.4 is 10.9 Å². The molecule has 9 nitrogen and oxygen atoms in total. The van der Waals surface area contributed by atoms with E-state index >= 15 is 0 Å². The number of rotatable bonds is 4. The molecule has 10 heteroatoms. The normalized spacial score (nSPS) is 20.8. The summed E-state index contributed by atoms with van der Waals surface area (Å²) in [7, 11) is 0. The lowest BCUT2D eigenvalue weighted by Gasteiger charge is -2.29. The SMILES string of the molecule is O=c1ccc(-n2cncn2)nn1C1CCC(Nc2nncs2)CC1. The molecule has 0 bridgehead atoms. The van der Waals surface area contributed by atoms with E-state index in [2.05, 4.69) is 30.7 Å². The first-order valence-corrected chi connectivity index (χ1v) is 8.65. The van der Waals surface area contributed by atoms with Crippen molar-refractivity contribution in [2.75, 3.05) is 5.32 Å². The summed E-state index contributed by atoms with van der Waals surface area (Å²) in [6.07, 6.45) is 6.73. The maximum atomic E-state index is 12.2. The van der Waals surface area contributed by atoms with Crippen LogP contribution in [0.1, 0.15) is 31.7 Å². The minimum Gasteiger partial charge on any atom is -0.357 e. The third kappa shape index (κ3) is 3.04. The summed E-state index contributed by atoms with van der Waals surface area (Å²) in [5, 5.41) is 20.6. The van der Waals surface area contributed by atoms with Crippen molar-refractivity contribution in [2.45, 2.75) is 37.8 Å². The summed E-state index contributed by atoms with van der Waals surface area (Å²) in [6.45, 7) is 0. The van der Waals surface area contributed by atoms with Crippen molar-refractivity contribution in [3.8, 4) is 5.82 Å². The highest BCUT2D eigenvalue weighted by Gasteiger charge is 2.24. The maximum absolute atomic E-state index is 12.2. The van der Waals surface area contributed by atoms with Crippen LogP contribution in [0.2, 0.25) is 0 Å². The van der Waals surface area contributed by atoms with E-state index in [1.165, 1.54) is 23.7 Å². The summed E-state index contributed by atoms with van der Waals surface area (Å²) in [4.78, 5) is 16.1. The molecule has 0 aliphatic heterocycles. The smallest absolute Gasteiger partial charge is 0.267 e. The Hall–Kier alpha value is -2.62. The van der Waals surface area contributed by atoms with Crippen LogP contribution in [-0.4, -0.2) is 40.8 Å².